The maximum atomic E-state index is 11.9. The predicted octanol–water partition coefficient (Wildman–Crippen LogP) is 6.34. The van der Waals surface area contributed by atoms with Crippen LogP contribution in [0.4, 0.5) is 0 Å². The number of carboxylic acids is 1. The highest BCUT2D eigenvalue weighted by atomic mass is 35.5. The molecule has 5 rings (SSSR count). The number of aromatic carboxylic acids is 1. The quantitative estimate of drug-likeness (QED) is 0.376. The molecule has 0 saturated heterocycles. The van der Waals surface area contributed by atoms with Crippen LogP contribution in [0.2, 0.25) is 5.02 Å². The van der Waals surface area contributed by atoms with Gasteiger partial charge in [-0.15, -0.1) is 0 Å². The molecule has 3 heterocycles. The number of benzene rings is 1. The first-order valence-electron chi connectivity index (χ1n) is 11.3. The van der Waals surface area contributed by atoms with Crippen LogP contribution in [0.5, 0.6) is 0 Å². The van der Waals surface area contributed by atoms with Crippen LogP contribution in [0, 0.1) is 11.8 Å². The van der Waals surface area contributed by atoms with Gasteiger partial charge in [-0.2, -0.15) is 0 Å². The summed E-state index contributed by atoms with van der Waals surface area (Å²) in [5, 5.41) is 10.2. The first-order valence-corrected chi connectivity index (χ1v) is 11.7. The summed E-state index contributed by atoms with van der Waals surface area (Å²) in [5.41, 5.74) is 4.56. The van der Waals surface area contributed by atoms with E-state index in [4.69, 9.17) is 11.6 Å². The van der Waals surface area contributed by atoms with Crippen molar-refractivity contribution in [3.05, 3.63) is 65.8 Å². The Kier molecular flexibility index (Phi) is 5.85. The molecule has 1 aromatic carbocycles. The minimum Gasteiger partial charge on any atom is -0.475 e. The lowest BCUT2D eigenvalue weighted by Gasteiger charge is -2.26. The fraction of sp³-hybridized carbons (Fsp3) is 0.308. The Balaban J connectivity index is 1.75. The van der Waals surface area contributed by atoms with Crippen LogP contribution < -0.4 is 0 Å². The van der Waals surface area contributed by atoms with Gasteiger partial charge in [-0.05, 0) is 36.3 Å². The molecule has 0 atom stereocenters. The molecule has 0 bridgehead atoms. The average Bonchev–Trinajstić information content (AvgIpc) is 3.19. The van der Waals surface area contributed by atoms with E-state index in [1.165, 1.54) is 25.7 Å². The van der Waals surface area contributed by atoms with Crippen LogP contribution in [0.25, 0.3) is 33.4 Å². The van der Waals surface area contributed by atoms with Crippen molar-refractivity contribution in [2.45, 2.75) is 39.2 Å². The summed E-state index contributed by atoms with van der Waals surface area (Å²) in [6.45, 7) is 3.16. The fourth-order valence-electron chi connectivity index (χ4n) is 4.80. The number of rotatable bonds is 5. The third kappa shape index (κ3) is 4.35. The van der Waals surface area contributed by atoms with E-state index in [9.17, 15) is 9.90 Å². The summed E-state index contributed by atoms with van der Waals surface area (Å²) in [4.78, 5) is 25.1. The molecule has 1 aliphatic carbocycles. The molecule has 4 aromatic rings. The van der Waals surface area contributed by atoms with Gasteiger partial charge in [0.2, 0.25) is 5.82 Å². The van der Waals surface area contributed by atoms with Crippen molar-refractivity contribution < 1.29 is 9.90 Å². The van der Waals surface area contributed by atoms with Gasteiger partial charge in [0.15, 0.2) is 0 Å². The molecule has 33 heavy (non-hydrogen) atoms. The minimum atomic E-state index is -1.17. The van der Waals surface area contributed by atoms with Crippen molar-refractivity contribution in [1.82, 2.24) is 19.5 Å². The molecule has 3 aromatic heterocycles. The molecule has 1 fully saturated rings. The molecule has 0 spiro atoms. The van der Waals surface area contributed by atoms with Gasteiger partial charge in [0.25, 0.3) is 0 Å². The Bertz CT molecular complexity index is 1310. The monoisotopic (exact) mass is 460 g/mol. The highest BCUT2D eigenvalue weighted by Gasteiger charge is 2.24. The van der Waals surface area contributed by atoms with Gasteiger partial charge in [0.05, 0.1) is 10.5 Å². The molecule has 0 unspecified atom stereocenters. The smallest absolute Gasteiger partial charge is 0.373 e. The number of fused-ring (bicyclic) bond motifs is 1. The fourth-order valence-corrected chi connectivity index (χ4v) is 4.97. The maximum absolute atomic E-state index is 11.9. The number of hydrogen-bond acceptors (Lipinski definition) is 4. The Hall–Kier alpha value is -3.25. The number of hydrogen-bond donors (Lipinski definition) is 1. The van der Waals surface area contributed by atoms with Crippen molar-refractivity contribution in [1.29, 1.82) is 0 Å². The highest BCUT2D eigenvalue weighted by molar-refractivity contribution is 6.30. The van der Waals surface area contributed by atoms with Crippen molar-refractivity contribution in [3.63, 3.8) is 0 Å². The summed E-state index contributed by atoms with van der Waals surface area (Å²) in [6.07, 6.45) is 10.2. The highest BCUT2D eigenvalue weighted by Crippen LogP contribution is 2.37. The van der Waals surface area contributed by atoms with E-state index in [1.54, 1.807) is 18.5 Å². The molecule has 1 saturated carbocycles. The maximum Gasteiger partial charge on any atom is 0.373 e. The molecule has 7 heteroatoms. The zero-order valence-electron chi connectivity index (χ0n) is 18.4. The second kappa shape index (κ2) is 8.94. The van der Waals surface area contributed by atoms with E-state index in [1.807, 2.05) is 30.3 Å². The van der Waals surface area contributed by atoms with Crippen molar-refractivity contribution in [2.24, 2.45) is 11.8 Å². The first kappa shape index (κ1) is 21.6. The predicted molar refractivity (Wildman–Crippen MR) is 129 cm³/mol. The molecule has 6 nitrogen and oxygen atoms in total. The van der Waals surface area contributed by atoms with Crippen molar-refractivity contribution >= 4 is 28.6 Å². The molecular formula is C26H25ClN4O2. The molecular weight excluding hydrogens is 436 g/mol. The van der Waals surface area contributed by atoms with Crippen LogP contribution in [0.15, 0.2) is 55.0 Å². The molecule has 1 N–H and O–H groups in total. The first-order chi connectivity index (χ1) is 16.0. The number of carbonyl (C=O) groups is 1. The van der Waals surface area contributed by atoms with Gasteiger partial charge in [0, 0.05) is 36.3 Å². The molecule has 0 amide bonds. The lowest BCUT2D eigenvalue weighted by Crippen LogP contribution is -2.17. The molecule has 0 radical (unpaired) electrons. The number of carboxylic acid groups (broad SMARTS) is 1. The summed E-state index contributed by atoms with van der Waals surface area (Å²) < 4.78 is 2.21. The van der Waals surface area contributed by atoms with Gasteiger partial charge in [-0.25, -0.2) is 14.8 Å². The molecule has 168 valence electrons. The van der Waals surface area contributed by atoms with Crippen molar-refractivity contribution in [3.8, 4) is 22.4 Å². The molecule has 1 aliphatic rings. The van der Waals surface area contributed by atoms with Gasteiger partial charge >= 0.3 is 5.97 Å². The SMILES string of the molecule is C[C@H]1CC[C@H](Cn2cc(-c3ccccc3)c3nc(C(=O)O)nc(-c4cncc(Cl)c4)c32)CC1. The van der Waals surface area contributed by atoms with Gasteiger partial charge in [-0.3, -0.25) is 4.98 Å². The number of halogens is 1. The summed E-state index contributed by atoms with van der Waals surface area (Å²) >= 11 is 6.23. The van der Waals surface area contributed by atoms with Crippen LogP contribution >= 0.6 is 11.6 Å². The van der Waals surface area contributed by atoms with E-state index >= 15 is 0 Å². The Labute approximate surface area is 197 Å². The van der Waals surface area contributed by atoms with Crippen LogP contribution in [0.1, 0.15) is 43.2 Å². The number of aromatic nitrogens is 4. The van der Waals surface area contributed by atoms with Gasteiger partial charge < -0.3 is 9.67 Å². The Morgan fingerprint density at radius 1 is 1.09 bits per heavy atom. The second-order valence-corrected chi connectivity index (χ2v) is 9.41. The summed E-state index contributed by atoms with van der Waals surface area (Å²) in [5.74, 6) is -0.0675. The number of pyridine rings is 1. The zero-order valence-corrected chi connectivity index (χ0v) is 19.2. The summed E-state index contributed by atoms with van der Waals surface area (Å²) in [7, 11) is 0. The Morgan fingerprint density at radius 3 is 2.55 bits per heavy atom. The standard InChI is InChI=1S/C26H25ClN4O2/c1-16-7-9-17(10-8-16)14-31-15-21(18-5-3-2-4-6-18)23-24(31)22(29-25(30-23)26(32)33)19-11-20(27)13-28-12-19/h2-6,11-13,15-17H,7-10,14H2,1H3,(H,32,33)/t16-,17-. The topological polar surface area (TPSA) is 80.9 Å². The van der Waals surface area contributed by atoms with E-state index in [0.717, 1.165) is 29.1 Å². The molecule has 0 aliphatic heterocycles. The van der Waals surface area contributed by atoms with Crippen LogP contribution in [-0.4, -0.2) is 30.6 Å². The van der Waals surface area contributed by atoms with E-state index in [2.05, 4.69) is 32.6 Å². The normalized spacial score (nSPS) is 18.5. The van der Waals surface area contributed by atoms with E-state index in [0.29, 0.717) is 27.7 Å². The van der Waals surface area contributed by atoms with E-state index < -0.39 is 5.97 Å². The second-order valence-electron chi connectivity index (χ2n) is 8.98. The van der Waals surface area contributed by atoms with Crippen LogP contribution in [-0.2, 0) is 6.54 Å². The lowest BCUT2D eigenvalue weighted by molar-refractivity contribution is 0.0684. The lowest BCUT2D eigenvalue weighted by atomic mass is 9.83. The number of nitrogens with zero attached hydrogens (tertiary/aromatic N) is 4. The summed E-state index contributed by atoms with van der Waals surface area (Å²) in [6, 6.07) is 11.7. The zero-order chi connectivity index (χ0) is 22.9. The average molecular weight is 461 g/mol. The van der Waals surface area contributed by atoms with Gasteiger partial charge in [0.1, 0.15) is 11.2 Å². The van der Waals surface area contributed by atoms with E-state index in [-0.39, 0.29) is 5.82 Å². The third-order valence-corrected chi connectivity index (χ3v) is 6.76. The Morgan fingerprint density at radius 2 is 1.85 bits per heavy atom. The largest absolute Gasteiger partial charge is 0.475 e. The van der Waals surface area contributed by atoms with Crippen molar-refractivity contribution in [2.75, 3.05) is 0 Å². The van der Waals surface area contributed by atoms with Gasteiger partial charge in [-0.1, -0.05) is 61.7 Å². The third-order valence-electron chi connectivity index (χ3n) is 6.56. The van der Waals surface area contributed by atoms with Crippen LogP contribution in [0.3, 0.4) is 0 Å². The minimum absolute atomic E-state index is 0.237.